The molecule has 0 aliphatic rings. The summed E-state index contributed by atoms with van der Waals surface area (Å²) >= 11 is 0. The maximum absolute atomic E-state index is 12.3. The number of unbranched alkanes of at least 4 members (excludes halogenated alkanes) is 33. The summed E-state index contributed by atoms with van der Waals surface area (Å²) in [5.41, 5.74) is 0. The summed E-state index contributed by atoms with van der Waals surface area (Å²) in [6.45, 7) is 3.92. The van der Waals surface area contributed by atoms with Crippen LogP contribution in [-0.2, 0) is 19.1 Å². The van der Waals surface area contributed by atoms with Crippen LogP contribution < -0.4 is 0 Å². The van der Waals surface area contributed by atoms with E-state index < -0.39 is 6.10 Å². The molecule has 0 radical (unpaired) electrons. The molecule has 0 rings (SSSR count). The van der Waals surface area contributed by atoms with E-state index >= 15 is 0 Å². The third-order valence-electron chi connectivity index (χ3n) is 14.1. The first-order chi connectivity index (χ1) is 37.6. The molecule has 0 aromatic carbocycles. The van der Waals surface area contributed by atoms with Crippen LogP contribution in [0.4, 0.5) is 0 Å². The fourth-order valence-electron chi connectivity index (χ4n) is 9.28. The Labute approximate surface area is 471 Å². The number of aliphatic hydroxyl groups excluding tert-OH is 1. The molecule has 436 valence electrons. The number of esters is 2. The lowest BCUT2D eigenvalue weighted by atomic mass is 10.0. The van der Waals surface area contributed by atoms with Crippen molar-refractivity contribution >= 4 is 11.9 Å². The van der Waals surface area contributed by atoms with Crippen molar-refractivity contribution in [2.24, 2.45) is 0 Å². The smallest absolute Gasteiger partial charge is 0.306 e. The van der Waals surface area contributed by atoms with Crippen molar-refractivity contribution in [3.63, 3.8) is 0 Å². The Morgan fingerprint density at radius 2 is 0.526 bits per heavy atom. The van der Waals surface area contributed by atoms with Crippen molar-refractivity contribution in [1.29, 1.82) is 0 Å². The van der Waals surface area contributed by atoms with Gasteiger partial charge >= 0.3 is 11.9 Å². The molecule has 0 fully saturated rings. The number of hydrogen-bond acceptors (Lipinski definition) is 5. The van der Waals surface area contributed by atoms with Crippen molar-refractivity contribution < 1.29 is 24.2 Å². The van der Waals surface area contributed by atoms with Gasteiger partial charge in [0, 0.05) is 12.8 Å². The average Bonchev–Trinajstić information content (AvgIpc) is 3.42. The first kappa shape index (κ1) is 72.6. The number of ether oxygens (including phenoxy) is 2. The van der Waals surface area contributed by atoms with Crippen LogP contribution in [0.3, 0.4) is 0 Å². The van der Waals surface area contributed by atoms with Gasteiger partial charge in [0.2, 0.25) is 0 Å². The largest absolute Gasteiger partial charge is 0.462 e. The Hall–Kier alpha value is -3.44. The van der Waals surface area contributed by atoms with Gasteiger partial charge in [0.1, 0.15) is 6.61 Å². The molecule has 0 saturated heterocycles. The molecule has 0 amide bonds. The van der Waals surface area contributed by atoms with Gasteiger partial charge < -0.3 is 14.6 Å². The van der Waals surface area contributed by atoms with Crippen LogP contribution in [0.2, 0.25) is 0 Å². The minimum absolute atomic E-state index is 0.0755. The van der Waals surface area contributed by atoms with E-state index in [2.05, 4.69) is 123 Å². The zero-order chi connectivity index (χ0) is 54.8. The maximum Gasteiger partial charge on any atom is 0.306 e. The highest BCUT2D eigenvalue weighted by atomic mass is 16.6. The van der Waals surface area contributed by atoms with Crippen molar-refractivity contribution in [3.05, 3.63) is 109 Å². The van der Waals surface area contributed by atoms with E-state index in [1.807, 2.05) is 0 Å². The first-order valence-electron chi connectivity index (χ1n) is 32.4. The predicted molar refractivity (Wildman–Crippen MR) is 334 cm³/mol. The Bertz CT molecular complexity index is 1470. The van der Waals surface area contributed by atoms with Crippen LogP contribution in [0.15, 0.2) is 109 Å². The summed E-state index contributed by atoms with van der Waals surface area (Å²) in [6.07, 6.45) is 95.4. The summed E-state index contributed by atoms with van der Waals surface area (Å²) in [5, 5.41) is 9.67. The third-order valence-corrected chi connectivity index (χ3v) is 14.1. The Balaban J connectivity index is 3.42. The highest BCUT2D eigenvalue weighted by Crippen LogP contribution is 2.17. The summed E-state index contributed by atoms with van der Waals surface area (Å²) in [4.78, 5) is 24.6. The van der Waals surface area contributed by atoms with Gasteiger partial charge in [-0.05, 0) is 96.3 Å². The third kappa shape index (κ3) is 63.1. The second-order valence-corrected chi connectivity index (χ2v) is 21.4. The lowest BCUT2D eigenvalue weighted by Gasteiger charge is -2.15. The highest BCUT2D eigenvalue weighted by Gasteiger charge is 2.16. The van der Waals surface area contributed by atoms with Crippen LogP contribution in [0.1, 0.15) is 309 Å². The second-order valence-electron chi connectivity index (χ2n) is 21.4. The van der Waals surface area contributed by atoms with E-state index in [4.69, 9.17) is 9.47 Å². The molecule has 1 atom stereocenters. The zero-order valence-corrected chi connectivity index (χ0v) is 50.0. The lowest BCUT2D eigenvalue weighted by molar-refractivity contribution is -0.161. The van der Waals surface area contributed by atoms with Gasteiger partial charge in [0.05, 0.1) is 6.61 Å². The Morgan fingerprint density at radius 1 is 0.303 bits per heavy atom. The SMILES string of the molecule is CC/C=C\C/C=C\C/C=C\C/C=C\C/C=C\CCCCCCCC(=O)OC(CO)COC(=O)CCCCCCCCCCCCCCCCCCCCCCCCCCCCCC/C=C\C/C=C\C/C=C\C/C=C\CC. The number of carbonyl (C=O) groups is 2. The van der Waals surface area contributed by atoms with E-state index in [1.54, 1.807) is 0 Å². The van der Waals surface area contributed by atoms with E-state index in [1.165, 1.54) is 167 Å². The van der Waals surface area contributed by atoms with Crippen molar-refractivity contribution in [2.75, 3.05) is 13.2 Å². The van der Waals surface area contributed by atoms with E-state index in [0.29, 0.717) is 12.8 Å². The van der Waals surface area contributed by atoms with Crippen LogP contribution in [0.5, 0.6) is 0 Å². The first-order valence-corrected chi connectivity index (χ1v) is 32.4. The topological polar surface area (TPSA) is 72.8 Å². The quantitative estimate of drug-likeness (QED) is 0.0373. The second kappa shape index (κ2) is 65.8. The van der Waals surface area contributed by atoms with Crippen molar-refractivity contribution in [2.45, 2.75) is 315 Å². The number of hydrogen-bond donors (Lipinski definition) is 1. The fraction of sp³-hybridized carbons (Fsp3) is 0.718. The zero-order valence-electron chi connectivity index (χ0n) is 50.0. The van der Waals surface area contributed by atoms with Gasteiger partial charge in [0.15, 0.2) is 6.10 Å². The molecule has 5 heteroatoms. The molecule has 5 nitrogen and oxygen atoms in total. The van der Waals surface area contributed by atoms with Crippen LogP contribution in [0.25, 0.3) is 0 Å². The van der Waals surface area contributed by atoms with Crippen LogP contribution in [-0.4, -0.2) is 36.4 Å². The van der Waals surface area contributed by atoms with Gasteiger partial charge in [-0.3, -0.25) is 9.59 Å². The van der Waals surface area contributed by atoms with E-state index in [9.17, 15) is 14.7 Å². The number of allylic oxidation sites excluding steroid dienone is 18. The maximum atomic E-state index is 12.3. The molecule has 76 heavy (non-hydrogen) atoms. The average molecular weight is 1060 g/mol. The molecule has 1 unspecified atom stereocenters. The minimum Gasteiger partial charge on any atom is -0.462 e. The molecular formula is C71H122O5. The number of carbonyl (C=O) groups excluding carboxylic acids is 2. The van der Waals surface area contributed by atoms with Crippen molar-refractivity contribution in [1.82, 2.24) is 0 Å². The molecule has 1 N–H and O–H groups in total. The van der Waals surface area contributed by atoms with Crippen LogP contribution in [0, 0.1) is 0 Å². The molecule has 0 bridgehead atoms. The summed E-state index contributed by atoms with van der Waals surface area (Å²) in [5.74, 6) is -0.605. The summed E-state index contributed by atoms with van der Waals surface area (Å²) < 4.78 is 10.7. The Kier molecular flexibility index (Phi) is 62.9. The minimum atomic E-state index is -0.787. The lowest BCUT2D eigenvalue weighted by Crippen LogP contribution is -2.28. The molecule has 0 aromatic rings. The van der Waals surface area contributed by atoms with Crippen molar-refractivity contribution in [3.8, 4) is 0 Å². The number of rotatable bonds is 59. The number of aliphatic hydroxyl groups is 1. The van der Waals surface area contributed by atoms with Gasteiger partial charge in [-0.25, -0.2) is 0 Å². The van der Waals surface area contributed by atoms with Gasteiger partial charge in [0.25, 0.3) is 0 Å². The predicted octanol–water partition coefficient (Wildman–Crippen LogP) is 22.4. The van der Waals surface area contributed by atoms with Gasteiger partial charge in [-0.15, -0.1) is 0 Å². The normalized spacial score (nSPS) is 12.9. The van der Waals surface area contributed by atoms with Gasteiger partial charge in [-0.1, -0.05) is 309 Å². The van der Waals surface area contributed by atoms with Gasteiger partial charge in [-0.2, -0.15) is 0 Å². The molecule has 0 saturated carbocycles. The summed E-state index contributed by atoms with van der Waals surface area (Å²) in [7, 11) is 0. The molecular weight excluding hydrogens is 933 g/mol. The Morgan fingerprint density at radius 3 is 0.789 bits per heavy atom. The monoisotopic (exact) mass is 1050 g/mol. The van der Waals surface area contributed by atoms with E-state index in [0.717, 1.165) is 116 Å². The molecule has 0 aromatic heterocycles. The highest BCUT2D eigenvalue weighted by molar-refractivity contribution is 5.70. The van der Waals surface area contributed by atoms with E-state index in [-0.39, 0.29) is 25.2 Å². The molecule has 0 aliphatic heterocycles. The fourth-order valence-corrected chi connectivity index (χ4v) is 9.28. The molecule has 0 spiro atoms. The molecule has 0 aliphatic carbocycles. The molecule has 0 heterocycles. The summed E-state index contributed by atoms with van der Waals surface area (Å²) in [6, 6.07) is 0. The van der Waals surface area contributed by atoms with Crippen LogP contribution >= 0.6 is 0 Å². The standard InChI is InChI=1S/C71H122O5/c1-3-5-7-9-11-13-15-17-19-21-23-25-26-27-28-29-30-31-32-33-34-35-36-37-38-39-40-41-42-43-44-46-47-49-51-53-55-57-59-61-63-65-70(73)75-68-69(67-72)76-71(74)66-64-62-60-58-56-54-52-50-48-45-24-22-20-18-16-14-12-10-8-6-4-2/h5-8,11-14,17-20,23-25,45,50,52,69,72H,3-4,9-10,15-16,21-22,26-44,46-49,51,53-68H2,1-2H3/b7-5-,8-6-,13-11-,14-12-,19-17-,20-18-,25-23-,45-24-,52-50-.